The summed E-state index contributed by atoms with van der Waals surface area (Å²) in [6, 6.07) is 8.31. The maximum Gasteiger partial charge on any atom is 0.242 e. The van der Waals surface area contributed by atoms with E-state index >= 15 is 0 Å². The second kappa shape index (κ2) is 11.2. The number of aliphatic imine (C=N–C) groups is 1. The van der Waals surface area contributed by atoms with Crippen LogP contribution in [0.4, 0.5) is 0 Å². The van der Waals surface area contributed by atoms with Gasteiger partial charge in [-0.15, -0.1) is 24.0 Å². The van der Waals surface area contributed by atoms with Gasteiger partial charge >= 0.3 is 0 Å². The summed E-state index contributed by atoms with van der Waals surface area (Å²) in [5.41, 5.74) is 4.61. The lowest BCUT2D eigenvalue weighted by Crippen LogP contribution is -2.45. The minimum atomic E-state index is 0. The number of nitrogens with zero attached hydrogens (tertiary/aromatic N) is 3. The van der Waals surface area contributed by atoms with E-state index in [9.17, 15) is 4.79 Å². The van der Waals surface area contributed by atoms with Crippen LogP contribution in [0.15, 0.2) is 33.8 Å². The number of fused-ring (bicyclic) bond motifs is 1. The summed E-state index contributed by atoms with van der Waals surface area (Å²) < 4.78 is 5.40. The molecule has 0 spiro atoms. The fraction of sp³-hybridized carbons (Fsp3) is 0.476. The van der Waals surface area contributed by atoms with Crippen molar-refractivity contribution in [3.8, 4) is 0 Å². The van der Waals surface area contributed by atoms with Crippen molar-refractivity contribution >= 4 is 35.8 Å². The summed E-state index contributed by atoms with van der Waals surface area (Å²) in [5.74, 6) is 1.56. The number of aryl methyl sites for hydroxylation is 2. The van der Waals surface area contributed by atoms with Crippen LogP contribution >= 0.6 is 24.0 Å². The fourth-order valence-corrected chi connectivity index (χ4v) is 3.51. The first-order valence-corrected chi connectivity index (χ1v) is 9.91. The van der Waals surface area contributed by atoms with Gasteiger partial charge in [-0.2, -0.15) is 0 Å². The van der Waals surface area contributed by atoms with Crippen LogP contribution in [0, 0.1) is 0 Å². The van der Waals surface area contributed by atoms with Gasteiger partial charge in [-0.3, -0.25) is 9.79 Å². The highest BCUT2D eigenvalue weighted by Gasteiger charge is 2.20. The summed E-state index contributed by atoms with van der Waals surface area (Å²) in [7, 11) is 1.70. The molecule has 0 atom stereocenters. The third-order valence-electron chi connectivity index (χ3n) is 5.15. The average Bonchev–Trinajstić information content (AvgIpc) is 3.15. The Morgan fingerprint density at radius 1 is 1.21 bits per heavy atom. The summed E-state index contributed by atoms with van der Waals surface area (Å²) >= 11 is 0. The van der Waals surface area contributed by atoms with Crippen LogP contribution in [0.5, 0.6) is 0 Å². The van der Waals surface area contributed by atoms with Crippen molar-refractivity contribution in [2.75, 3.05) is 20.1 Å². The highest BCUT2D eigenvalue weighted by molar-refractivity contribution is 14.0. The first-order chi connectivity index (χ1) is 13.7. The largest absolute Gasteiger partial charge is 0.361 e. The molecule has 1 aromatic carbocycles. The zero-order valence-corrected chi connectivity index (χ0v) is 19.7. The molecule has 7 nitrogen and oxygen atoms in total. The lowest BCUT2D eigenvalue weighted by Gasteiger charge is -2.29. The molecule has 1 aliphatic rings. The van der Waals surface area contributed by atoms with Crippen LogP contribution < -0.4 is 10.6 Å². The molecule has 158 valence electrons. The molecule has 1 aromatic heterocycles. The third kappa shape index (κ3) is 5.71. The third-order valence-corrected chi connectivity index (χ3v) is 5.15. The molecule has 1 amide bonds. The quantitative estimate of drug-likeness (QED) is 0.354. The van der Waals surface area contributed by atoms with Crippen LogP contribution in [-0.2, 0) is 37.1 Å². The zero-order valence-electron chi connectivity index (χ0n) is 17.3. The van der Waals surface area contributed by atoms with Crippen molar-refractivity contribution in [3.05, 3.63) is 52.4 Å². The molecular formula is C21H30IN5O2. The van der Waals surface area contributed by atoms with E-state index in [1.54, 1.807) is 7.05 Å². The zero-order chi connectivity index (χ0) is 19.9. The van der Waals surface area contributed by atoms with Gasteiger partial charge in [-0.25, -0.2) is 0 Å². The van der Waals surface area contributed by atoms with E-state index in [0.717, 1.165) is 42.8 Å². The summed E-state index contributed by atoms with van der Waals surface area (Å²) in [4.78, 5) is 18.7. The van der Waals surface area contributed by atoms with E-state index in [1.165, 1.54) is 11.1 Å². The van der Waals surface area contributed by atoms with Crippen LogP contribution in [0.3, 0.4) is 0 Å². The minimum absolute atomic E-state index is 0. The Kier molecular flexibility index (Phi) is 8.94. The van der Waals surface area contributed by atoms with Crippen molar-refractivity contribution in [3.63, 3.8) is 0 Å². The SMILES string of the molecule is CCc1noc(CC)c1CNC(=NC)NCC(=O)N1CCc2ccccc2C1.I. The number of aromatic nitrogens is 1. The number of nitrogens with one attached hydrogen (secondary N) is 2. The molecule has 0 unspecified atom stereocenters. The van der Waals surface area contributed by atoms with Gasteiger partial charge in [0.15, 0.2) is 5.96 Å². The first kappa shape index (κ1) is 23.2. The van der Waals surface area contributed by atoms with Crippen molar-refractivity contribution < 1.29 is 9.32 Å². The molecule has 29 heavy (non-hydrogen) atoms. The molecule has 0 saturated carbocycles. The Labute approximate surface area is 189 Å². The number of guanidine groups is 1. The molecule has 2 aromatic rings. The number of rotatable bonds is 6. The highest BCUT2D eigenvalue weighted by Crippen LogP contribution is 2.18. The van der Waals surface area contributed by atoms with Gasteiger partial charge in [0, 0.05) is 38.7 Å². The number of benzene rings is 1. The Morgan fingerprint density at radius 2 is 1.97 bits per heavy atom. The predicted molar refractivity (Wildman–Crippen MR) is 124 cm³/mol. The molecule has 0 aliphatic carbocycles. The van der Waals surface area contributed by atoms with Crippen LogP contribution in [-0.4, -0.2) is 42.1 Å². The molecule has 0 saturated heterocycles. The van der Waals surface area contributed by atoms with Crippen LogP contribution in [0.25, 0.3) is 0 Å². The topological polar surface area (TPSA) is 82.8 Å². The van der Waals surface area contributed by atoms with E-state index in [-0.39, 0.29) is 36.4 Å². The van der Waals surface area contributed by atoms with Crippen LogP contribution in [0.1, 0.15) is 42.0 Å². The molecule has 2 N–H and O–H groups in total. The lowest BCUT2D eigenvalue weighted by atomic mass is 10.00. The van der Waals surface area contributed by atoms with Crippen LogP contribution in [0.2, 0.25) is 0 Å². The second-order valence-corrected chi connectivity index (χ2v) is 6.85. The Balaban J connectivity index is 0.00000300. The van der Waals surface area contributed by atoms with Gasteiger partial charge in [0.05, 0.1) is 12.2 Å². The monoisotopic (exact) mass is 511 g/mol. The van der Waals surface area contributed by atoms with Crippen molar-refractivity contribution in [1.82, 2.24) is 20.7 Å². The Hall–Kier alpha value is -2.10. The van der Waals surface area contributed by atoms with E-state index in [1.807, 2.05) is 17.9 Å². The minimum Gasteiger partial charge on any atom is -0.361 e. The maximum absolute atomic E-state index is 12.6. The van der Waals surface area contributed by atoms with Gasteiger partial charge in [0.1, 0.15) is 5.76 Å². The maximum atomic E-state index is 12.6. The van der Waals surface area contributed by atoms with Gasteiger partial charge < -0.3 is 20.1 Å². The summed E-state index contributed by atoms with van der Waals surface area (Å²) in [6.45, 7) is 6.32. The number of hydrogen-bond donors (Lipinski definition) is 2. The molecule has 0 fully saturated rings. The Bertz CT molecular complexity index is 828. The average molecular weight is 511 g/mol. The van der Waals surface area contributed by atoms with E-state index < -0.39 is 0 Å². The van der Waals surface area contributed by atoms with E-state index in [0.29, 0.717) is 19.0 Å². The molecule has 8 heteroatoms. The van der Waals surface area contributed by atoms with Gasteiger partial charge in [0.25, 0.3) is 0 Å². The molecule has 1 aliphatic heterocycles. The van der Waals surface area contributed by atoms with E-state index in [2.05, 4.69) is 45.9 Å². The smallest absolute Gasteiger partial charge is 0.242 e. The molecular weight excluding hydrogens is 481 g/mol. The summed E-state index contributed by atoms with van der Waals surface area (Å²) in [6.07, 6.45) is 2.52. The number of amides is 1. The van der Waals surface area contributed by atoms with Crippen molar-refractivity contribution in [2.45, 2.75) is 46.2 Å². The van der Waals surface area contributed by atoms with Gasteiger partial charge in [-0.05, 0) is 24.0 Å². The highest BCUT2D eigenvalue weighted by atomic mass is 127. The fourth-order valence-electron chi connectivity index (χ4n) is 3.51. The Morgan fingerprint density at radius 3 is 2.66 bits per heavy atom. The van der Waals surface area contributed by atoms with E-state index in [4.69, 9.17) is 4.52 Å². The van der Waals surface area contributed by atoms with Gasteiger partial charge in [-0.1, -0.05) is 43.3 Å². The number of carbonyl (C=O) groups excluding carboxylic acids is 1. The molecule has 0 bridgehead atoms. The standard InChI is InChI=1S/C21H29N5O2.HI/c1-4-18-17(19(5-2)28-25-18)12-23-21(22-3)24-13-20(27)26-11-10-15-8-6-7-9-16(15)14-26;/h6-9H,4-5,10-14H2,1-3H3,(H2,22,23,24);1H. The normalized spacial score (nSPS) is 13.5. The van der Waals surface area contributed by atoms with Crippen molar-refractivity contribution in [1.29, 1.82) is 0 Å². The summed E-state index contributed by atoms with van der Waals surface area (Å²) in [5, 5.41) is 10.5. The van der Waals surface area contributed by atoms with Crippen molar-refractivity contribution in [2.24, 2.45) is 4.99 Å². The molecule has 2 heterocycles. The predicted octanol–water partition coefficient (Wildman–Crippen LogP) is 2.67. The molecule has 3 rings (SSSR count). The van der Waals surface area contributed by atoms with Gasteiger partial charge in [0.2, 0.25) is 5.91 Å². The number of halogens is 1. The number of hydrogen-bond acceptors (Lipinski definition) is 4. The second-order valence-electron chi connectivity index (χ2n) is 6.85. The first-order valence-electron chi connectivity index (χ1n) is 9.91. The molecule has 0 radical (unpaired) electrons. The number of carbonyl (C=O) groups is 1. The lowest BCUT2D eigenvalue weighted by molar-refractivity contribution is -0.130.